The third-order valence-electron chi connectivity index (χ3n) is 2.24. The molecule has 0 bridgehead atoms. The lowest BCUT2D eigenvalue weighted by atomic mass is 9.86. The first-order chi connectivity index (χ1) is 6.32. The van der Waals surface area contributed by atoms with Crippen molar-refractivity contribution in [1.82, 2.24) is 0 Å². The molecule has 76 valence electrons. The van der Waals surface area contributed by atoms with E-state index in [1.165, 1.54) is 6.07 Å². The summed E-state index contributed by atoms with van der Waals surface area (Å²) in [4.78, 5) is 0. The van der Waals surface area contributed by atoms with Gasteiger partial charge in [-0.05, 0) is 30.0 Å². The summed E-state index contributed by atoms with van der Waals surface area (Å²) in [6.07, 6.45) is 0. The lowest BCUT2D eigenvalue weighted by Gasteiger charge is -2.19. The van der Waals surface area contributed by atoms with Gasteiger partial charge in [-0.2, -0.15) is 0 Å². The van der Waals surface area contributed by atoms with Crippen molar-refractivity contribution in [1.29, 1.82) is 5.41 Å². The van der Waals surface area contributed by atoms with Crippen LogP contribution >= 0.6 is 0 Å². The van der Waals surface area contributed by atoms with Crippen LogP contribution in [0.4, 0.5) is 4.39 Å². The second kappa shape index (κ2) is 3.52. The zero-order valence-corrected chi connectivity index (χ0v) is 9.11. The molecule has 0 atom stereocenters. The standard InChI is InChI=1S/C12H16FN/c1-8(14)10-6-5-9(7-11(10)13)12(2,3)4/h5-7,14H,1-4H3. The summed E-state index contributed by atoms with van der Waals surface area (Å²) in [6, 6.07) is 5.09. The number of rotatable bonds is 1. The predicted octanol–water partition coefficient (Wildman–Crippen LogP) is 3.51. The highest BCUT2D eigenvalue weighted by Crippen LogP contribution is 2.24. The Morgan fingerprint density at radius 2 is 1.86 bits per heavy atom. The smallest absolute Gasteiger partial charge is 0.132 e. The molecule has 14 heavy (non-hydrogen) atoms. The van der Waals surface area contributed by atoms with Gasteiger partial charge in [0, 0.05) is 11.3 Å². The van der Waals surface area contributed by atoms with Gasteiger partial charge in [-0.1, -0.05) is 26.8 Å². The molecule has 1 nitrogen and oxygen atoms in total. The molecule has 1 aromatic rings. The molecule has 0 aliphatic carbocycles. The van der Waals surface area contributed by atoms with Crippen molar-refractivity contribution < 1.29 is 4.39 Å². The fraction of sp³-hybridized carbons (Fsp3) is 0.417. The molecule has 0 aromatic heterocycles. The lowest BCUT2D eigenvalue weighted by molar-refractivity contribution is 0.571. The average Bonchev–Trinajstić information content (AvgIpc) is 2.01. The molecule has 0 aliphatic heterocycles. The summed E-state index contributed by atoms with van der Waals surface area (Å²) >= 11 is 0. The van der Waals surface area contributed by atoms with Crippen LogP contribution in [0.15, 0.2) is 18.2 Å². The van der Waals surface area contributed by atoms with Gasteiger partial charge in [0.25, 0.3) is 0 Å². The minimum Gasteiger partial charge on any atom is -0.305 e. The molecule has 0 aliphatic rings. The quantitative estimate of drug-likeness (QED) is 0.660. The van der Waals surface area contributed by atoms with Crippen molar-refractivity contribution in [3.05, 3.63) is 35.1 Å². The van der Waals surface area contributed by atoms with Crippen LogP contribution in [0.25, 0.3) is 0 Å². The Kier molecular flexibility index (Phi) is 2.74. The Balaban J connectivity index is 3.20. The largest absolute Gasteiger partial charge is 0.305 e. The Labute approximate surface area is 84.5 Å². The molecule has 1 N–H and O–H groups in total. The fourth-order valence-corrected chi connectivity index (χ4v) is 1.29. The van der Waals surface area contributed by atoms with Crippen LogP contribution in [0.2, 0.25) is 0 Å². The minimum atomic E-state index is -0.301. The van der Waals surface area contributed by atoms with Crippen LogP contribution in [0.3, 0.4) is 0 Å². The second-order valence-electron chi connectivity index (χ2n) is 4.57. The highest BCUT2D eigenvalue weighted by molar-refractivity contribution is 5.96. The number of nitrogens with one attached hydrogen (secondary N) is 1. The van der Waals surface area contributed by atoms with Crippen molar-refractivity contribution in [3.8, 4) is 0 Å². The van der Waals surface area contributed by atoms with Crippen LogP contribution in [0, 0.1) is 11.2 Å². The highest BCUT2D eigenvalue weighted by atomic mass is 19.1. The van der Waals surface area contributed by atoms with Gasteiger partial charge in [0.15, 0.2) is 0 Å². The summed E-state index contributed by atoms with van der Waals surface area (Å²) in [5.41, 5.74) is 1.57. The molecule has 0 unspecified atom stereocenters. The van der Waals surface area contributed by atoms with Crippen molar-refractivity contribution in [2.45, 2.75) is 33.1 Å². The molecular weight excluding hydrogens is 177 g/mol. The molecule has 0 fully saturated rings. The van der Waals surface area contributed by atoms with E-state index in [1.807, 2.05) is 26.8 Å². The molecule has 0 spiro atoms. The maximum absolute atomic E-state index is 13.5. The number of hydrogen-bond acceptors (Lipinski definition) is 1. The fourth-order valence-electron chi connectivity index (χ4n) is 1.29. The Bertz CT molecular complexity index is 361. The van der Waals surface area contributed by atoms with Crippen LogP contribution < -0.4 is 0 Å². The second-order valence-corrected chi connectivity index (χ2v) is 4.57. The van der Waals surface area contributed by atoms with Gasteiger partial charge in [-0.15, -0.1) is 0 Å². The van der Waals surface area contributed by atoms with Gasteiger partial charge in [0.1, 0.15) is 5.82 Å². The third kappa shape index (κ3) is 2.19. The maximum Gasteiger partial charge on any atom is 0.132 e. The molecule has 0 heterocycles. The first kappa shape index (κ1) is 10.9. The Hall–Kier alpha value is -1.18. The van der Waals surface area contributed by atoms with Gasteiger partial charge >= 0.3 is 0 Å². The van der Waals surface area contributed by atoms with Crippen LogP contribution in [0.5, 0.6) is 0 Å². The SMILES string of the molecule is CC(=N)c1ccc(C(C)(C)C)cc1F. The number of halogens is 1. The third-order valence-corrected chi connectivity index (χ3v) is 2.24. The topological polar surface area (TPSA) is 23.9 Å². The summed E-state index contributed by atoms with van der Waals surface area (Å²) in [6.45, 7) is 7.71. The Morgan fingerprint density at radius 1 is 1.29 bits per heavy atom. The van der Waals surface area contributed by atoms with Crippen LogP contribution in [-0.2, 0) is 5.41 Å². The normalized spacial score (nSPS) is 11.5. The van der Waals surface area contributed by atoms with Crippen molar-refractivity contribution in [3.63, 3.8) is 0 Å². The van der Waals surface area contributed by atoms with Gasteiger partial charge in [-0.3, -0.25) is 0 Å². The van der Waals surface area contributed by atoms with Crippen molar-refractivity contribution in [2.24, 2.45) is 0 Å². The maximum atomic E-state index is 13.5. The van der Waals surface area contributed by atoms with Crippen molar-refractivity contribution in [2.75, 3.05) is 0 Å². The molecule has 0 radical (unpaired) electrons. The molecule has 0 saturated carbocycles. The zero-order valence-electron chi connectivity index (χ0n) is 9.11. The average molecular weight is 193 g/mol. The van der Waals surface area contributed by atoms with E-state index < -0.39 is 0 Å². The molecule has 2 heteroatoms. The first-order valence-corrected chi connectivity index (χ1v) is 4.68. The summed E-state index contributed by atoms with van der Waals surface area (Å²) in [7, 11) is 0. The van der Waals surface area contributed by atoms with Gasteiger partial charge in [0.05, 0.1) is 0 Å². The monoisotopic (exact) mass is 193 g/mol. The lowest BCUT2D eigenvalue weighted by Crippen LogP contribution is -2.12. The summed E-state index contributed by atoms with van der Waals surface area (Å²) in [5.74, 6) is -0.301. The van der Waals surface area contributed by atoms with E-state index >= 15 is 0 Å². The molecular formula is C12H16FN. The van der Waals surface area contributed by atoms with Crippen LogP contribution in [0.1, 0.15) is 38.8 Å². The van der Waals surface area contributed by atoms with E-state index in [0.29, 0.717) is 5.56 Å². The molecule has 1 rings (SSSR count). The molecule has 0 saturated heterocycles. The molecule has 1 aromatic carbocycles. The van der Waals surface area contributed by atoms with E-state index in [0.717, 1.165) is 5.56 Å². The predicted molar refractivity (Wildman–Crippen MR) is 57.6 cm³/mol. The first-order valence-electron chi connectivity index (χ1n) is 4.68. The number of benzene rings is 1. The minimum absolute atomic E-state index is 0.0463. The van der Waals surface area contributed by atoms with E-state index in [2.05, 4.69) is 0 Å². The van der Waals surface area contributed by atoms with Crippen molar-refractivity contribution >= 4 is 5.71 Å². The summed E-state index contributed by atoms with van der Waals surface area (Å²) < 4.78 is 13.5. The van der Waals surface area contributed by atoms with Crippen LogP contribution in [-0.4, -0.2) is 5.71 Å². The van der Waals surface area contributed by atoms with E-state index in [4.69, 9.17) is 5.41 Å². The summed E-state index contributed by atoms with van der Waals surface area (Å²) in [5, 5.41) is 7.36. The van der Waals surface area contributed by atoms with E-state index in [1.54, 1.807) is 13.0 Å². The van der Waals surface area contributed by atoms with Gasteiger partial charge in [-0.25, -0.2) is 4.39 Å². The van der Waals surface area contributed by atoms with Gasteiger partial charge in [0.2, 0.25) is 0 Å². The van der Waals surface area contributed by atoms with E-state index in [9.17, 15) is 4.39 Å². The number of hydrogen-bond donors (Lipinski definition) is 1. The van der Waals surface area contributed by atoms with Gasteiger partial charge < -0.3 is 5.41 Å². The highest BCUT2D eigenvalue weighted by Gasteiger charge is 2.15. The van der Waals surface area contributed by atoms with E-state index in [-0.39, 0.29) is 16.9 Å². The Morgan fingerprint density at radius 3 is 2.21 bits per heavy atom. The zero-order chi connectivity index (χ0) is 10.9. The molecule has 0 amide bonds.